The van der Waals surface area contributed by atoms with Crippen LogP contribution in [0, 0.1) is 6.92 Å². The fourth-order valence-electron chi connectivity index (χ4n) is 4.18. The van der Waals surface area contributed by atoms with E-state index in [0.29, 0.717) is 43.7 Å². The van der Waals surface area contributed by atoms with Crippen molar-refractivity contribution in [1.82, 2.24) is 19.8 Å². The Morgan fingerprint density at radius 3 is 2.62 bits per heavy atom. The Morgan fingerprint density at radius 2 is 1.91 bits per heavy atom. The molecule has 0 spiro atoms. The largest absolute Gasteiger partial charge is 0.355 e. The highest BCUT2D eigenvalue weighted by molar-refractivity contribution is 5.97. The monoisotopic (exact) mass is 430 g/mol. The van der Waals surface area contributed by atoms with E-state index in [9.17, 15) is 14.4 Å². The first-order valence-electron chi connectivity index (χ1n) is 10.7. The topological polar surface area (TPSA) is 84.3 Å². The molecule has 3 heterocycles. The van der Waals surface area contributed by atoms with Crippen molar-refractivity contribution >= 4 is 11.8 Å². The third-order valence-electron chi connectivity index (χ3n) is 5.93. The number of carbonyl (C=O) groups is 2. The summed E-state index contributed by atoms with van der Waals surface area (Å²) < 4.78 is 1.60. The molecule has 0 aliphatic carbocycles. The van der Waals surface area contributed by atoms with E-state index in [1.165, 1.54) is 7.05 Å². The van der Waals surface area contributed by atoms with Crippen molar-refractivity contribution in [2.75, 3.05) is 13.6 Å². The standard InChI is InChI=1S/C25H26N4O3/c1-17-20(9-6-12-27-17)24(31)28-14-11-21-19(15-28)16-29(25(32)22(21)23(30)26-2)13-10-18-7-4-3-5-8-18/h3-9,12,16H,10-11,13-15H2,1-2H3,(H,26,30). The number of fused-ring (bicyclic) bond motifs is 1. The molecule has 1 aliphatic rings. The number of aromatic nitrogens is 2. The average molecular weight is 431 g/mol. The molecule has 32 heavy (non-hydrogen) atoms. The lowest BCUT2D eigenvalue weighted by Crippen LogP contribution is -2.41. The van der Waals surface area contributed by atoms with Gasteiger partial charge >= 0.3 is 0 Å². The summed E-state index contributed by atoms with van der Waals surface area (Å²) in [5, 5.41) is 2.60. The molecule has 1 aliphatic heterocycles. The van der Waals surface area contributed by atoms with Gasteiger partial charge < -0.3 is 14.8 Å². The van der Waals surface area contributed by atoms with Crippen LogP contribution in [0.25, 0.3) is 0 Å². The van der Waals surface area contributed by atoms with Gasteiger partial charge in [0.15, 0.2) is 0 Å². The summed E-state index contributed by atoms with van der Waals surface area (Å²) in [6, 6.07) is 13.4. The predicted molar refractivity (Wildman–Crippen MR) is 122 cm³/mol. The zero-order chi connectivity index (χ0) is 22.7. The lowest BCUT2D eigenvalue weighted by atomic mass is 9.95. The molecular formula is C25H26N4O3. The van der Waals surface area contributed by atoms with Crippen LogP contribution in [0.2, 0.25) is 0 Å². The molecule has 1 N–H and O–H groups in total. The Balaban J connectivity index is 1.68. The van der Waals surface area contributed by atoms with Gasteiger partial charge in [-0.25, -0.2) is 0 Å². The maximum atomic E-state index is 13.2. The van der Waals surface area contributed by atoms with Gasteiger partial charge in [-0.3, -0.25) is 19.4 Å². The minimum Gasteiger partial charge on any atom is -0.355 e. The van der Waals surface area contributed by atoms with E-state index in [4.69, 9.17) is 0 Å². The van der Waals surface area contributed by atoms with Gasteiger partial charge in [0.05, 0.1) is 5.56 Å². The molecule has 0 saturated carbocycles. The third-order valence-corrected chi connectivity index (χ3v) is 5.93. The first kappa shape index (κ1) is 21.5. The third kappa shape index (κ3) is 4.19. The Kier molecular flexibility index (Phi) is 6.16. The van der Waals surface area contributed by atoms with Crippen molar-refractivity contribution in [1.29, 1.82) is 0 Å². The maximum Gasteiger partial charge on any atom is 0.263 e. The van der Waals surface area contributed by atoms with Gasteiger partial charge in [-0.15, -0.1) is 0 Å². The lowest BCUT2D eigenvalue weighted by Gasteiger charge is -2.30. The first-order chi connectivity index (χ1) is 15.5. The van der Waals surface area contributed by atoms with Crippen LogP contribution in [0.4, 0.5) is 0 Å². The molecule has 0 bridgehead atoms. The van der Waals surface area contributed by atoms with Gasteiger partial charge in [0.25, 0.3) is 17.4 Å². The second-order valence-electron chi connectivity index (χ2n) is 7.93. The Hall–Kier alpha value is -3.74. The zero-order valence-corrected chi connectivity index (χ0v) is 18.3. The molecule has 4 rings (SSSR count). The van der Waals surface area contributed by atoms with E-state index in [0.717, 1.165) is 16.7 Å². The zero-order valence-electron chi connectivity index (χ0n) is 18.3. The number of aryl methyl sites for hydroxylation is 3. The molecule has 0 atom stereocenters. The number of benzene rings is 1. The van der Waals surface area contributed by atoms with Gasteiger partial charge in [0.1, 0.15) is 5.56 Å². The summed E-state index contributed by atoms with van der Waals surface area (Å²) >= 11 is 0. The normalized spacial score (nSPS) is 12.9. The summed E-state index contributed by atoms with van der Waals surface area (Å²) in [5.41, 5.74) is 3.82. The van der Waals surface area contributed by atoms with E-state index >= 15 is 0 Å². The highest BCUT2D eigenvalue weighted by Crippen LogP contribution is 2.23. The first-order valence-corrected chi connectivity index (χ1v) is 10.7. The number of nitrogens with one attached hydrogen (secondary N) is 1. The maximum absolute atomic E-state index is 13.2. The lowest BCUT2D eigenvalue weighted by molar-refractivity contribution is 0.0732. The molecule has 2 aromatic heterocycles. The molecule has 0 fully saturated rings. The number of amides is 2. The number of hydrogen-bond acceptors (Lipinski definition) is 4. The van der Waals surface area contributed by atoms with Crippen LogP contribution in [-0.4, -0.2) is 39.9 Å². The van der Waals surface area contributed by atoms with Crippen LogP contribution < -0.4 is 10.9 Å². The molecule has 2 amide bonds. The highest BCUT2D eigenvalue weighted by atomic mass is 16.2. The van der Waals surface area contributed by atoms with Crippen molar-refractivity contribution < 1.29 is 9.59 Å². The second kappa shape index (κ2) is 9.18. The predicted octanol–water partition coefficient (Wildman–Crippen LogP) is 2.35. The number of nitrogens with zero attached hydrogens (tertiary/aromatic N) is 3. The van der Waals surface area contributed by atoms with Crippen LogP contribution in [-0.2, 0) is 25.9 Å². The van der Waals surface area contributed by atoms with Gasteiger partial charge in [-0.2, -0.15) is 0 Å². The van der Waals surface area contributed by atoms with Crippen molar-refractivity contribution in [2.24, 2.45) is 0 Å². The minimum absolute atomic E-state index is 0.0928. The van der Waals surface area contributed by atoms with Gasteiger partial charge in [0, 0.05) is 44.8 Å². The summed E-state index contributed by atoms with van der Waals surface area (Å²) in [6.07, 6.45) is 4.60. The molecule has 7 heteroatoms. The van der Waals surface area contributed by atoms with E-state index < -0.39 is 0 Å². The van der Waals surface area contributed by atoms with E-state index in [-0.39, 0.29) is 22.9 Å². The van der Waals surface area contributed by atoms with Crippen LogP contribution in [0.15, 0.2) is 59.7 Å². The van der Waals surface area contributed by atoms with Crippen LogP contribution in [0.1, 0.15) is 43.1 Å². The number of hydrogen-bond donors (Lipinski definition) is 1. The SMILES string of the molecule is CNC(=O)c1c2c(cn(CCc3ccccc3)c1=O)CN(C(=O)c1cccnc1C)CC2. The van der Waals surface area contributed by atoms with Crippen LogP contribution >= 0.6 is 0 Å². The Morgan fingerprint density at radius 1 is 1.12 bits per heavy atom. The quantitative estimate of drug-likeness (QED) is 0.674. The minimum atomic E-state index is -0.386. The molecule has 3 aromatic rings. The van der Waals surface area contributed by atoms with Crippen molar-refractivity contribution in [3.05, 3.63) is 98.7 Å². The number of pyridine rings is 2. The summed E-state index contributed by atoms with van der Waals surface area (Å²) in [7, 11) is 1.53. The second-order valence-corrected chi connectivity index (χ2v) is 7.93. The smallest absolute Gasteiger partial charge is 0.263 e. The average Bonchev–Trinajstić information content (AvgIpc) is 2.82. The van der Waals surface area contributed by atoms with E-state index in [1.54, 1.807) is 27.8 Å². The summed E-state index contributed by atoms with van der Waals surface area (Å²) in [6.45, 7) is 3.06. The molecule has 0 radical (unpaired) electrons. The van der Waals surface area contributed by atoms with Crippen LogP contribution in [0.3, 0.4) is 0 Å². The fourth-order valence-corrected chi connectivity index (χ4v) is 4.18. The molecule has 1 aromatic carbocycles. The Labute approximate surface area is 186 Å². The number of carbonyl (C=O) groups excluding carboxylic acids is 2. The van der Waals surface area contributed by atoms with Crippen LogP contribution in [0.5, 0.6) is 0 Å². The van der Waals surface area contributed by atoms with Crippen molar-refractivity contribution in [3.63, 3.8) is 0 Å². The fraction of sp³-hybridized carbons (Fsp3) is 0.280. The molecule has 7 nitrogen and oxygen atoms in total. The van der Waals surface area contributed by atoms with Crippen molar-refractivity contribution in [3.8, 4) is 0 Å². The summed E-state index contributed by atoms with van der Waals surface area (Å²) in [5.74, 6) is -0.479. The highest BCUT2D eigenvalue weighted by Gasteiger charge is 2.28. The molecule has 0 saturated heterocycles. The molecule has 164 valence electrons. The van der Waals surface area contributed by atoms with E-state index in [2.05, 4.69) is 10.3 Å². The summed E-state index contributed by atoms with van der Waals surface area (Å²) in [4.78, 5) is 44.8. The molecule has 0 unspecified atom stereocenters. The van der Waals surface area contributed by atoms with E-state index in [1.807, 2.05) is 43.5 Å². The van der Waals surface area contributed by atoms with Gasteiger partial charge in [-0.1, -0.05) is 30.3 Å². The van der Waals surface area contributed by atoms with Gasteiger partial charge in [0.2, 0.25) is 0 Å². The van der Waals surface area contributed by atoms with Crippen molar-refractivity contribution in [2.45, 2.75) is 32.9 Å². The van der Waals surface area contributed by atoms with Gasteiger partial charge in [-0.05, 0) is 48.6 Å². The Bertz CT molecular complexity index is 1220. The number of rotatable bonds is 5. The molecular weight excluding hydrogens is 404 g/mol.